The maximum atomic E-state index is 15.0. The molecule has 0 N–H and O–H groups in total. The Morgan fingerprint density at radius 1 is 0.750 bits per heavy atom. The van der Waals surface area contributed by atoms with E-state index >= 15 is 8.78 Å². The van der Waals surface area contributed by atoms with Crippen LogP contribution in [0.5, 0.6) is 0 Å². The van der Waals surface area contributed by atoms with Crippen molar-refractivity contribution in [3.8, 4) is 34.1 Å². The highest BCUT2D eigenvalue weighted by atomic mass is 19.4. The van der Waals surface area contributed by atoms with Gasteiger partial charge >= 0.3 is 6.18 Å². The van der Waals surface area contributed by atoms with Gasteiger partial charge in [0.15, 0.2) is 0 Å². The van der Waals surface area contributed by atoms with E-state index in [9.17, 15) is 22.0 Å². The summed E-state index contributed by atoms with van der Waals surface area (Å²) in [4.78, 5) is 0. The van der Waals surface area contributed by atoms with Crippen LogP contribution in [0.3, 0.4) is 0 Å². The lowest BCUT2D eigenvalue weighted by Crippen LogP contribution is -2.02. The summed E-state index contributed by atoms with van der Waals surface area (Å²) in [5.41, 5.74) is 0.553. The van der Waals surface area contributed by atoms with Crippen molar-refractivity contribution in [1.82, 2.24) is 0 Å². The summed E-state index contributed by atoms with van der Waals surface area (Å²) in [7, 11) is 0. The van der Waals surface area contributed by atoms with Crippen LogP contribution >= 0.6 is 0 Å². The predicted molar refractivity (Wildman–Crippen MR) is 126 cm³/mol. The lowest BCUT2D eigenvalue weighted by atomic mass is 9.95. The van der Waals surface area contributed by atoms with Gasteiger partial charge in [-0.3, -0.25) is 0 Å². The number of alkyl halides is 3. The van der Waals surface area contributed by atoms with Crippen LogP contribution in [0.25, 0.3) is 33.0 Å². The van der Waals surface area contributed by atoms with Gasteiger partial charge in [-0.25, -0.2) is 17.6 Å². The third kappa shape index (κ3) is 5.28. The Hall–Kier alpha value is -4.05. The molecule has 0 spiro atoms. The van der Waals surface area contributed by atoms with E-state index in [2.05, 4.69) is 6.58 Å². The lowest BCUT2D eigenvalue weighted by Gasteiger charge is -2.11. The number of hydrogen-bond donors (Lipinski definition) is 0. The van der Waals surface area contributed by atoms with Crippen molar-refractivity contribution < 1.29 is 30.7 Å². The average Bonchev–Trinajstić information content (AvgIpc) is 2.81. The van der Waals surface area contributed by atoms with E-state index in [0.29, 0.717) is 11.1 Å². The highest BCUT2D eigenvalue weighted by molar-refractivity contribution is 5.89. The van der Waals surface area contributed by atoms with Gasteiger partial charge < -0.3 is 0 Å². The van der Waals surface area contributed by atoms with Crippen LogP contribution in [0, 0.1) is 35.1 Å². The van der Waals surface area contributed by atoms with Crippen LogP contribution in [0.4, 0.5) is 30.7 Å². The molecule has 0 saturated heterocycles. The van der Waals surface area contributed by atoms with Crippen molar-refractivity contribution in [2.75, 3.05) is 0 Å². The Bertz CT molecular complexity index is 1500. The number of hydrogen-bond acceptors (Lipinski definition) is 0. The van der Waals surface area contributed by atoms with Crippen molar-refractivity contribution in [2.24, 2.45) is 0 Å². The van der Waals surface area contributed by atoms with Gasteiger partial charge in [-0.1, -0.05) is 48.4 Å². The summed E-state index contributed by atoms with van der Waals surface area (Å²) in [6.45, 7) is 3.67. The quantitative estimate of drug-likeness (QED) is 0.147. The molecule has 4 rings (SSSR count). The molecule has 0 aliphatic rings. The first-order chi connectivity index (χ1) is 17.1. The van der Waals surface area contributed by atoms with Gasteiger partial charge in [0.25, 0.3) is 0 Å². The smallest absolute Gasteiger partial charge is 0.206 e. The molecule has 0 saturated carbocycles. The molecule has 0 aliphatic carbocycles. The molecule has 0 amide bonds. The molecule has 0 bridgehead atoms. The first-order valence-corrected chi connectivity index (χ1v) is 10.8. The standard InChI is InChI=1S/C29H17F7/c1-2-3-4-17-5-7-18(8-6-17)20-14-25(31)27(26(32)15-20)19-9-10-22-21(13-19)16-24(30)23(28(22)33)11-12-29(34,35)36/h2,5-10,13-16H,1,3-4H2. The van der Waals surface area contributed by atoms with Gasteiger partial charge in [0.05, 0.1) is 11.1 Å². The molecule has 0 atom stereocenters. The highest BCUT2D eigenvalue weighted by Gasteiger charge is 2.24. The normalized spacial score (nSPS) is 11.3. The van der Waals surface area contributed by atoms with Crippen LogP contribution in [0.2, 0.25) is 0 Å². The summed E-state index contributed by atoms with van der Waals surface area (Å²) in [6.07, 6.45) is -1.52. The minimum Gasteiger partial charge on any atom is -0.206 e. The van der Waals surface area contributed by atoms with E-state index < -0.39 is 40.6 Å². The van der Waals surface area contributed by atoms with Gasteiger partial charge in [0.2, 0.25) is 0 Å². The predicted octanol–water partition coefficient (Wildman–Crippen LogP) is 8.76. The van der Waals surface area contributed by atoms with Crippen molar-refractivity contribution in [2.45, 2.75) is 19.0 Å². The molecule has 4 aromatic carbocycles. The zero-order valence-electron chi connectivity index (χ0n) is 18.6. The van der Waals surface area contributed by atoms with Crippen molar-refractivity contribution in [3.63, 3.8) is 0 Å². The minimum atomic E-state index is -4.92. The summed E-state index contributed by atoms with van der Waals surface area (Å²) >= 11 is 0. The van der Waals surface area contributed by atoms with Crippen LogP contribution < -0.4 is 0 Å². The average molecular weight is 498 g/mol. The van der Waals surface area contributed by atoms with Crippen LogP contribution in [-0.2, 0) is 6.42 Å². The second kappa shape index (κ2) is 9.90. The van der Waals surface area contributed by atoms with Gasteiger partial charge in [-0.2, -0.15) is 13.2 Å². The summed E-state index contributed by atoms with van der Waals surface area (Å²) in [5.74, 6) is -2.07. The van der Waals surface area contributed by atoms with Crippen LogP contribution in [-0.4, -0.2) is 6.18 Å². The van der Waals surface area contributed by atoms with E-state index in [1.54, 1.807) is 18.2 Å². The zero-order valence-corrected chi connectivity index (χ0v) is 18.6. The number of aryl methyl sites for hydroxylation is 1. The van der Waals surface area contributed by atoms with E-state index in [-0.39, 0.29) is 16.3 Å². The SMILES string of the molecule is C=CCCc1ccc(-c2cc(F)c(-c3ccc4c(F)c(C#CC(F)(F)F)c(F)cc4c3)c(F)c2)cc1. The number of fused-ring (bicyclic) bond motifs is 1. The first kappa shape index (κ1) is 25.1. The second-order valence-corrected chi connectivity index (χ2v) is 8.07. The van der Waals surface area contributed by atoms with Crippen LogP contribution in [0.15, 0.2) is 73.3 Å². The van der Waals surface area contributed by atoms with Gasteiger partial charge in [0.1, 0.15) is 23.3 Å². The Morgan fingerprint density at radius 3 is 2.00 bits per heavy atom. The molecule has 0 heterocycles. The molecule has 0 radical (unpaired) electrons. The van der Waals surface area contributed by atoms with E-state index in [0.717, 1.165) is 42.5 Å². The number of rotatable bonds is 5. The Balaban J connectivity index is 1.72. The molecule has 0 aromatic heterocycles. The van der Waals surface area contributed by atoms with Gasteiger partial charge in [-0.05, 0) is 64.7 Å². The Kier molecular flexibility index (Phi) is 6.89. The van der Waals surface area contributed by atoms with Crippen molar-refractivity contribution >= 4 is 10.8 Å². The maximum Gasteiger partial charge on any atom is 0.458 e. The zero-order chi connectivity index (χ0) is 26.0. The molecule has 182 valence electrons. The molecule has 0 fully saturated rings. The molecule has 4 aromatic rings. The molecule has 7 heteroatoms. The minimum absolute atomic E-state index is 0.0109. The highest BCUT2D eigenvalue weighted by Crippen LogP contribution is 2.34. The fourth-order valence-corrected chi connectivity index (χ4v) is 3.88. The first-order valence-electron chi connectivity index (χ1n) is 10.8. The number of allylic oxidation sites excluding steroid dienone is 1. The number of halogens is 7. The van der Waals surface area contributed by atoms with Crippen molar-refractivity contribution in [1.29, 1.82) is 0 Å². The van der Waals surface area contributed by atoms with E-state index in [4.69, 9.17) is 0 Å². The fourth-order valence-electron chi connectivity index (χ4n) is 3.88. The third-order valence-electron chi connectivity index (χ3n) is 5.61. The van der Waals surface area contributed by atoms with Gasteiger partial charge in [-0.15, -0.1) is 6.58 Å². The third-order valence-corrected chi connectivity index (χ3v) is 5.61. The molecule has 0 aliphatic heterocycles. The molecule has 0 unspecified atom stereocenters. The number of benzene rings is 4. The van der Waals surface area contributed by atoms with Crippen molar-refractivity contribution in [3.05, 3.63) is 108 Å². The van der Waals surface area contributed by atoms with Gasteiger partial charge in [0, 0.05) is 11.3 Å². The topological polar surface area (TPSA) is 0 Å². The van der Waals surface area contributed by atoms with E-state index in [1.807, 2.05) is 12.1 Å². The second-order valence-electron chi connectivity index (χ2n) is 8.07. The summed E-state index contributed by atoms with van der Waals surface area (Å²) < 4.78 is 96.1. The summed E-state index contributed by atoms with van der Waals surface area (Å²) in [5, 5.41) is -0.321. The lowest BCUT2D eigenvalue weighted by molar-refractivity contribution is -0.0696. The van der Waals surface area contributed by atoms with E-state index in [1.165, 1.54) is 24.1 Å². The summed E-state index contributed by atoms with van der Waals surface area (Å²) in [6, 6.07) is 13.8. The maximum absolute atomic E-state index is 15.0. The largest absolute Gasteiger partial charge is 0.458 e. The molecule has 36 heavy (non-hydrogen) atoms. The molecular weight excluding hydrogens is 481 g/mol. The molecule has 0 nitrogen and oxygen atoms in total. The Morgan fingerprint density at radius 2 is 1.39 bits per heavy atom. The Labute approximate surface area is 202 Å². The van der Waals surface area contributed by atoms with Crippen LogP contribution in [0.1, 0.15) is 17.5 Å². The fraction of sp³-hybridized carbons (Fsp3) is 0.103. The molecular formula is C29H17F7. The monoisotopic (exact) mass is 498 g/mol.